The lowest BCUT2D eigenvalue weighted by Gasteiger charge is -2.04. The lowest BCUT2D eigenvalue weighted by molar-refractivity contribution is -0.118. The third kappa shape index (κ3) is 2.41. The van der Waals surface area contributed by atoms with Crippen LogP contribution in [-0.4, -0.2) is 18.0 Å². The molecule has 0 atom stereocenters. The predicted octanol–water partition coefficient (Wildman–Crippen LogP) is 1.43. The van der Waals surface area contributed by atoms with E-state index in [2.05, 4.69) is 21.2 Å². The molecule has 1 aromatic carbocycles. The summed E-state index contributed by atoms with van der Waals surface area (Å²) in [7, 11) is 0. The van der Waals surface area contributed by atoms with Gasteiger partial charge >= 0.3 is 0 Å². The van der Waals surface area contributed by atoms with Crippen molar-refractivity contribution >= 4 is 21.8 Å². The summed E-state index contributed by atoms with van der Waals surface area (Å²) in [5.41, 5.74) is 0.994. The number of amides is 1. The van der Waals surface area contributed by atoms with Gasteiger partial charge in [0, 0.05) is 6.54 Å². The van der Waals surface area contributed by atoms with E-state index in [1.165, 1.54) is 0 Å². The first kappa shape index (κ1) is 10.3. The van der Waals surface area contributed by atoms with Crippen LogP contribution in [0.15, 0.2) is 18.2 Å². The molecule has 0 spiro atoms. The van der Waals surface area contributed by atoms with Crippen molar-refractivity contribution in [1.29, 1.82) is 0 Å². The third-order valence-corrected chi connectivity index (χ3v) is 2.56. The number of rotatable bonds is 3. The largest absolute Gasteiger partial charge is 0.454 e. The fraction of sp³-hybridized carbons (Fsp3) is 0.300. The highest BCUT2D eigenvalue weighted by Crippen LogP contribution is 2.32. The SMILES string of the molecule is O=C(CBr)NCc1ccc2c(c1)OCO2. The molecule has 0 bridgehead atoms. The molecule has 0 saturated heterocycles. The fourth-order valence-electron chi connectivity index (χ4n) is 1.30. The van der Waals surface area contributed by atoms with Crippen LogP contribution < -0.4 is 14.8 Å². The molecule has 1 heterocycles. The van der Waals surface area contributed by atoms with Crippen LogP contribution in [0.3, 0.4) is 0 Å². The maximum absolute atomic E-state index is 11.0. The molecule has 4 nitrogen and oxygen atoms in total. The van der Waals surface area contributed by atoms with Crippen LogP contribution in [0.25, 0.3) is 0 Å². The Hall–Kier alpha value is -1.23. The number of hydrogen-bond acceptors (Lipinski definition) is 3. The molecule has 1 aliphatic rings. The molecule has 0 saturated carbocycles. The van der Waals surface area contributed by atoms with Crippen molar-refractivity contribution in [1.82, 2.24) is 5.32 Å². The van der Waals surface area contributed by atoms with Gasteiger partial charge in [-0.05, 0) is 17.7 Å². The number of halogens is 1. The van der Waals surface area contributed by atoms with E-state index in [9.17, 15) is 4.79 Å². The summed E-state index contributed by atoms with van der Waals surface area (Å²) >= 11 is 3.08. The minimum Gasteiger partial charge on any atom is -0.454 e. The smallest absolute Gasteiger partial charge is 0.231 e. The zero-order valence-corrected chi connectivity index (χ0v) is 9.54. The van der Waals surface area contributed by atoms with Crippen molar-refractivity contribution < 1.29 is 14.3 Å². The number of ether oxygens (including phenoxy) is 2. The topological polar surface area (TPSA) is 47.6 Å². The summed E-state index contributed by atoms with van der Waals surface area (Å²) in [6.07, 6.45) is 0. The molecule has 15 heavy (non-hydrogen) atoms. The summed E-state index contributed by atoms with van der Waals surface area (Å²) in [5, 5.41) is 3.07. The minimum absolute atomic E-state index is 0.0346. The van der Waals surface area contributed by atoms with E-state index in [1.807, 2.05) is 18.2 Å². The maximum atomic E-state index is 11.0. The second kappa shape index (κ2) is 4.53. The lowest BCUT2D eigenvalue weighted by atomic mass is 10.2. The fourth-order valence-corrected chi connectivity index (χ4v) is 1.50. The van der Waals surface area contributed by atoms with Crippen LogP contribution in [0, 0.1) is 0 Å². The number of alkyl halides is 1. The van der Waals surface area contributed by atoms with Crippen LogP contribution in [0.1, 0.15) is 5.56 Å². The molecular weight excluding hydrogens is 262 g/mol. The Labute approximate surface area is 95.7 Å². The van der Waals surface area contributed by atoms with E-state index in [4.69, 9.17) is 9.47 Å². The standard InChI is InChI=1S/C10H10BrNO3/c11-4-10(13)12-5-7-1-2-8-9(3-7)15-6-14-8/h1-3H,4-6H2,(H,12,13). The Morgan fingerprint density at radius 1 is 1.40 bits per heavy atom. The third-order valence-electron chi connectivity index (χ3n) is 2.05. The zero-order chi connectivity index (χ0) is 10.7. The number of benzene rings is 1. The first-order valence-electron chi connectivity index (χ1n) is 4.51. The van der Waals surface area contributed by atoms with Gasteiger partial charge in [0.15, 0.2) is 11.5 Å². The van der Waals surface area contributed by atoms with E-state index in [0.29, 0.717) is 11.9 Å². The number of carbonyl (C=O) groups excluding carboxylic acids is 1. The molecular formula is C10H10BrNO3. The Bertz CT molecular complexity index is 381. The highest BCUT2D eigenvalue weighted by atomic mass is 79.9. The monoisotopic (exact) mass is 271 g/mol. The molecule has 0 radical (unpaired) electrons. The molecule has 5 heteroatoms. The first-order valence-corrected chi connectivity index (χ1v) is 5.63. The van der Waals surface area contributed by atoms with Gasteiger partial charge in [0.25, 0.3) is 0 Å². The van der Waals surface area contributed by atoms with Crippen molar-refractivity contribution in [3.05, 3.63) is 23.8 Å². The van der Waals surface area contributed by atoms with Gasteiger partial charge in [-0.15, -0.1) is 0 Å². The van der Waals surface area contributed by atoms with Crippen LogP contribution in [0.5, 0.6) is 11.5 Å². The Morgan fingerprint density at radius 2 is 2.20 bits per heavy atom. The molecule has 0 fully saturated rings. The number of nitrogens with one attached hydrogen (secondary N) is 1. The van der Waals surface area contributed by atoms with E-state index >= 15 is 0 Å². The number of hydrogen-bond donors (Lipinski definition) is 1. The van der Waals surface area contributed by atoms with Crippen LogP contribution >= 0.6 is 15.9 Å². The van der Waals surface area contributed by atoms with E-state index < -0.39 is 0 Å². The normalized spacial score (nSPS) is 12.6. The zero-order valence-electron chi connectivity index (χ0n) is 7.96. The molecule has 0 aliphatic carbocycles. The summed E-state index contributed by atoms with van der Waals surface area (Å²) in [5.74, 6) is 1.46. The van der Waals surface area contributed by atoms with Gasteiger partial charge in [-0.3, -0.25) is 4.79 Å². The van der Waals surface area contributed by atoms with Crippen molar-refractivity contribution in [3.63, 3.8) is 0 Å². The maximum Gasteiger partial charge on any atom is 0.231 e. The lowest BCUT2D eigenvalue weighted by Crippen LogP contribution is -2.23. The van der Waals surface area contributed by atoms with Crippen LogP contribution in [0.4, 0.5) is 0 Å². The Morgan fingerprint density at radius 3 is 3.00 bits per heavy atom. The van der Waals surface area contributed by atoms with Gasteiger partial charge in [-0.1, -0.05) is 22.0 Å². The summed E-state index contributed by atoms with van der Waals surface area (Å²) in [6.45, 7) is 0.771. The van der Waals surface area contributed by atoms with Gasteiger partial charge in [0.1, 0.15) is 0 Å². The molecule has 1 aliphatic heterocycles. The van der Waals surface area contributed by atoms with Gasteiger partial charge in [0.05, 0.1) is 5.33 Å². The predicted molar refractivity (Wildman–Crippen MR) is 58.2 cm³/mol. The average Bonchev–Trinajstić information content (AvgIpc) is 2.72. The Balaban J connectivity index is 2.01. The second-order valence-corrected chi connectivity index (χ2v) is 3.66. The number of fused-ring (bicyclic) bond motifs is 1. The molecule has 1 aromatic rings. The van der Waals surface area contributed by atoms with Gasteiger partial charge in [-0.25, -0.2) is 0 Å². The Kier molecular flexibility index (Phi) is 3.11. The highest BCUT2D eigenvalue weighted by molar-refractivity contribution is 9.09. The van der Waals surface area contributed by atoms with Gasteiger partial charge in [0.2, 0.25) is 12.7 Å². The molecule has 2 rings (SSSR count). The van der Waals surface area contributed by atoms with Gasteiger partial charge < -0.3 is 14.8 Å². The molecule has 0 aromatic heterocycles. The molecule has 80 valence electrons. The van der Waals surface area contributed by atoms with E-state index in [-0.39, 0.29) is 12.7 Å². The van der Waals surface area contributed by atoms with E-state index in [0.717, 1.165) is 17.1 Å². The van der Waals surface area contributed by atoms with Gasteiger partial charge in [-0.2, -0.15) is 0 Å². The van der Waals surface area contributed by atoms with Crippen LogP contribution in [0.2, 0.25) is 0 Å². The quantitative estimate of drug-likeness (QED) is 0.847. The molecule has 1 amide bonds. The number of carbonyl (C=O) groups is 1. The summed E-state index contributed by atoms with van der Waals surface area (Å²) < 4.78 is 10.4. The van der Waals surface area contributed by atoms with Crippen molar-refractivity contribution in [2.75, 3.05) is 12.1 Å². The second-order valence-electron chi connectivity index (χ2n) is 3.10. The first-order chi connectivity index (χ1) is 7.29. The summed E-state index contributed by atoms with van der Waals surface area (Å²) in [6, 6.07) is 5.62. The van der Waals surface area contributed by atoms with Crippen molar-refractivity contribution in [3.8, 4) is 11.5 Å². The van der Waals surface area contributed by atoms with E-state index in [1.54, 1.807) is 0 Å². The highest BCUT2D eigenvalue weighted by Gasteiger charge is 2.13. The van der Waals surface area contributed by atoms with Crippen molar-refractivity contribution in [2.45, 2.75) is 6.54 Å². The average molecular weight is 272 g/mol. The van der Waals surface area contributed by atoms with Crippen molar-refractivity contribution in [2.24, 2.45) is 0 Å². The summed E-state index contributed by atoms with van der Waals surface area (Å²) in [4.78, 5) is 11.0. The van der Waals surface area contributed by atoms with Crippen LogP contribution in [-0.2, 0) is 11.3 Å². The minimum atomic E-state index is -0.0346. The molecule has 1 N–H and O–H groups in total. The molecule has 0 unspecified atom stereocenters.